The van der Waals surface area contributed by atoms with Crippen molar-refractivity contribution in [2.75, 3.05) is 19.6 Å². The second-order valence-corrected chi connectivity index (χ2v) is 6.73. The van der Waals surface area contributed by atoms with E-state index in [1.807, 2.05) is 11.0 Å². The lowest BCUT2D eigenvalue weighted by atomic mass is 9.84. The molecule has 0 aromatic heterocycles. The predicted octanol–water partition coefficient (Wildman–Crippen LogP) is 0.572. The molecule has 1 amide bonds. The van der Waals surface area contributed by atoms with Crippen LogP contribution in [0.3, 0.4) is 0 Å². The van der Waals surface area contributed by atoms with Gasteiger partial charge in [0.15, 0.2) is 0 Å². The quantitative estimate of drug-likeness (QED) is 0.834. The molecular formula is C17H25N3O2. The van der Waals surface area contributed by atoms with E-state index >= 15 is 0 Å². The van der Waals surface area contributed by atoms with Gasteiger partial charge >= 0.3 is 0 Å². The number of benzene rings is 1. The topological polar surface area (TPSA) is 69.8 Å². The zero-order chi connectivity index (χ0) is 15.7. The molecule has 0 aliphatic carbocycles. The average molecular weight is 303 g/mol. The number of aliphatic hydroxyl groups is 1. The predicted molar refractivity (Wildman–Crippen MR) is 85.1 cm³/mol. The Labute approximate surface area is 131 Å². The lowest BCUT2D eigenvalue weighted by Gasteiger charge is -2.55. The normalized spacial score (nSPS) is 24.1. The third-order valence-electron chi connectivity index (χ3n) is 5.09. The fraction of sp³-hybridized carbons (Fsp3) is 0.588. The van der Waals surface area contributed by atoms with Gasteiger partial charge in [0, 0.05) is 25.2 Å². The van der Waals surface area contributed by atoms with Crippen molar-refractivity contribution in [3.8, 4) is 0 Å². The highest BCUT2D eigenvalue weighted by Crippen LogP contribution is 2.39. The number of amides is 1. The molecule has 2 aliphatic rings. The summed E-state index contributed by atoms with van der Waals surface area (Å²) < 4.78 is 0. The number of carbonyl (C=O) groups excluding carboxylic acids is 1. The van der Waals surface area contributed by atoms with Crippen LogP contribution in [0.25, 0.3) is 0 Å². The van der Waals surface area contributed by atoms with Gasteiger partial charge in [-0.05, 0) is 31.9 Å². The second-order valence-electron chi connectivity index (χ2n) is 6.73. The van der Waals surface area contributed by atoms with Crippen molar-refractivity contribution < 1.29 is 9.90 Å². The Morgan fingerprint density at radius 1 is 1.36 bits per heavy atom. The maximum atomic E-state index is 11.6. The minimum atomic E-state index is -0.723. The largest absolute Gasteiger partial charge is 0.391 e. The van der Waals surface area contributed by atoms with Crippen LogP contribution in [0, 0.1) is 0 Å². The molecule has 0 bridgehead atoms. The van der Waals surface area contributed by atoms with E-state index in [-0.39, 0.29) is 5.54 Å². The molecule has 5 heteroatoms. The highest BCUT2D eigenvalue weighted by Gasteiger charge is 2.53. The van der Waals surface area contributed by atoms with Gasteiger partial charge in [0.25, 0.3) is 0 Å². The van der Waals surface area contributed by atoms with Crippen molar-refractivity contribution in [2.45, 2.75) is 44.0 Å². The van der Waals surface area contributed by atoms with Gasteiger partial charge in [-0.3, -0.25) is 14.6 Å². The van der Waals surface area contributed by atoms with Gasteiger partial charge in [-0.15, -0.1) is 0 Å². The number of nitrogens with two attached hydrogens (primary N) is 1. The maximum absolute atomic E-state index is 11.6. The summed E-state index contributed by atoms with van der Waals surface area (Å²) in [7, 11) is 0. The summed E-state index contributed by atoms with van der Waals surface area (Å²) >= 11 is 0. The van der Waals surface area contributed by atoms with E-state index in [1.54, 1.807) is 6.92 Å². The van der Waals surface area contributed by atoms with Gasteiger partial charge in [0.1, 0.15) is 6.04 Å². The summed E-state index contributed by atoms with van der Waals surface area (Å²) in [6.07, 6.45) is 1.62. The lowest BCUT2D eigenvalue weighted by Crippen LogP contribution is -2.72. The van der Waals surface area contributed by atoms with Crippen LogP contribution in [0.4, 0.5) is 0 Å². The van der Waals surface area contributed by atoms with Gasteiger partial charge in [0.05, 0.1) is 6.10 Å². The Kier molecular flexibility index (Phi) is 4.21. The van der Waals surface area contributed by atoms with E-state index in [2.05, 4.69) is 29.2 Å². The zero-order valence-corrected chi connectivity index (χ0v) is 13.1. The summed E-state index contributed by atoms with van der Waals surface area (Å²) in [4.78, 5) is 16.1. The van der Waals surface area contributed by atoms with Crippen LogP contribution in [0.2, 0.25) is 0 Å². The van der Waals surface area contributed by atoms with Gasteiger partial charge < -0.3 is 10.8 Å². The van der Waals surface area contributed by atoms with E-state index < -0.39 is 18.1 Å². The fourth-order valence-electron chi connectivity index (χ4n) is 4.03. The van der Waals surface area contributed by atoms with Crippen molar-refractivity contribution in [3.05, 3.63) is 35.9 Å². The van der Waals surface area contributed by atoms with Gasteiger partial charge in [-0.1, -0.05) is 30.3 Å². The van der Waals surface area contributed by atoms with Crippen LogP contribution in [0.5, 0.6) is 0 Å². The molecule has 0 radical (unpaired) electrons. The number of aliphatic hydroxyl groups excluding tert-OH is 1. The first-order chi connectivity index (χ1) is 10.5. The van der Waals surface area contributed by atoms with Crippen LogP contribution in [-0.2, 0) is 11.3 Å². The van der Waals surface area contributed by atoms with E-state index in [9.17, 15) is 9.90 Å². The smallest absolute Gasteiger partial charge is 0.237 e. The molecule has 2 heterocycles. The van der Waals surface area contributed by atoms with Crippen LogP contribution in [0.1, 0.15) is 25.3 Å². The first-order valence-electron chi connectivity index (χ1n) is 8.02. The average Bonchev–Trinajstić information content (AvgIpc) is 2.82. The van der Waals surface area contributed by atoms with Gasteiger partial charge in [0.2, 0.25) is 5.91 Å². The molecule has 3 rings (SSSR count). The highest BCUT2D eigenvalue weighted by molar-refractivity contribution is 5.80. The molecule has 120 valence electrons. The number of hydrogen-bond donors (Lipinski definition) is 2. The van der Waals surface area contributed by atoms with E-state index in [0.29, 0.717) is 0 Å². The molecule has 2 atom stereocenters. The second kappa shape index (κ2) is 5.99. The Morgan fingerprint density at radius 3 is 2.64 bits per heavy atom. The van der Waals surface area contributed by atoms with Crippen LogP contribution in [-0.4, -0.2) is 58.1 Å². The van der Waals surface area contributed by atoms with Crippen LogP contribution < -0.4 is 5.73 Å². The first kappa shape index (κ1) is 15.5. The van der Waals surface area contributed by atoms with Crippen molar-refractivity contribution in [3.63, 3.8) is 0 Å². The molecule has 3 N–H and O–H groups in total. The van der Waals surface area contributed by atoms with Crippen LogP contribution in [0.15, 0.2) is 30.3 Å². The maximum Gasteiger partial charge on any atom is 0.237 e. The van der Waals surface area contributed by atoms with Crippen molar-refractivity contribution in [1.82, 2.24) is 9.80 Å². The molecule has 1 aromatic rings. The Balaban J connectivity index is 1.66. The number of hydrogen-bond acceptors (Lipinski definition) is 4. The van der Waals surface area contributed by atoms with Crippen molar-refractivity contribution in [1.29, 1.82) is 0 Å². The summed E-state index contributed by atoms with van der Waals surface area (Å²) in [5, 5.41) is 9.79. The van der Waals surface area contributed by atoms with E-state index in [4.69, 9.17) is 5.73 Å². The zero-order valence-electron chi connectivity index (χ0n) is 13.1. The highest BCUT2D eigenvalue weighted by atomic mass is 16.3. The molecular weight excluding hydrogens is 278 g/mol. The molecule has 2 fully saturated rings. The molecule has 0 unspecified atom stereocenters. The van der Waals surface area contributed by atoms with Gasteiger partial charge in [-0.25, -0.2) is 0 Å². The standard InChI is InChI=1S/C17H25N3O2/c1-13(21)15(16(18)22)19-11-17(12-19)8-5-9-20(17)10-14-6-3-2-4-7-14/h2-4,6-7,13,15,21H,5,8-12H2,1H3,(H2,18,22)/t13-,15+/m1/s1. The summed E-state index contributed by atoms with van der Waals surface area (Å²) in [5.41, 5.74) is 6.91. The molecule has 0 saturated carbocycles. The summed E-state index contributed by atoms with van der Waals surface area (Å²) in [6.45, 7) is 5.32. The fourth-order valence-corrected chi connectivity index (χ4v) is 4.03. The number of likely N-dealkylation sites (tertiary alicyclic amines) is 2. The first-order valence-corrected chi connectivity index (χ1v) is 8.02. The third kappa shape index (κ3) is 2.76. The molecule has 1 spiro atoms. The van der Waals surface area contributed by atoms with Gasteiger partial charge in [-0.2, -0.15) is 0 Å². The lowest BCUT2D eigenvalue weighted by molar-refractivity contribution is -0.137. The summed E-state index contributed by atoms with van der Waals surface area (Å²) in [5.74, 6) is -0.433. The SMILES string of the molecule is C[C@@H](O)[C@@H](C(N)=O)N1CC2(CCCN2Cc2ccccc2)C1. The Hall–Kier alpha value is -1.43. The van der Waals surface area contributed by atoms with E-state index in [1.165, 1.54) is 12.0 Å². The van der Waals surface area contributed by atoms with Crippen LogP contribution >= 0.6 is 0 Å². The minimum absolute atomic E-state index is 0.151. The Bertz CT molecular complexity index is 526. The molecule has 2 saturated heterocycles. The minimum Gasteiger partial charge on any atom is -0.391 e. The van der Waals surface area contributed by atoms with Crippen molar-refractivity contribution >= 4 is 5.91 Å². The monoisotopic (exact) mass is 303 g/mol. The van der Waals surface area contributed by atoms with Crippen molar-refractivity contribution in [2.24, 2.45) is 5.73 Å². The summed E-state index contributed by atoms with van der Waals surface area (Å²) in [6, 6.07) is 9.93. The third-order valence-corrected chi connectivity index (χ3v) is 5.09. The number of primary amides is 1. The number of carbonyl (C=O) groups is 1. The van der Waals surface area contributed by atoms with E-state index in [0.717, 1.165) is 32.6 Å². The Morgan fingerprint density at radius 2 is 2.05 bits per heavy atom. The molecule has 5 nitrogen and oxygen atoms in total. The number of nitrogens with zero attached hydrogens (tertiary/aromatic N) is 2. The molecule has 2 aliphatic heterocycles. The molecule has 22 heavy (non-hydrogen) atoms. The number of rotatable bonds is 5. The molecule has 1 aromatic carbocycles.